The zero-order valence-corrected chi connectivity index (χ0v) is 18.3. The van der Waals surface area contributed by atoms with Gasteiger partial charge in [-0.1, -0.05) is 12.1 Å². The molecule has 1 atom stereocenters. The van der Waals surface area contributed by atoms with Crippen LogP contribution in [0, 0.1) is 0 Å². The lowest BCUT2D eigenvalue weighted by molar-refractivity contribution is -0.181. The van der Waals surface area contributed by atoms with Crippen LogP contribution in [0.25, 0.3) is 0 Å². The minimum Gasteiger partial charge on any atom is -0.366 e. The number of nitrogens with one attached hydrogen (secondary N) is 1. The van der Waals surface area contributed by atoms with E-state index < -0.39 is 18.1 Å². The molecule has 0 radical (unpaired) electrons. The van der Waals surface area contributed by atoms with Gasteiger partial charge in [-0.15, -0.1) is 24.0 Å². The highest BCUT2D eigenvalue weighted by atomic mass is 127. The Labute approximate surface area is 180 Å². The number of hydrogen-bond donors (Lipinski definition) is 2. The molecule has 1 heterocycles. The van der Waals surface area contributed by atoms with Gasteiger partial charge in [0.05, 0.1) is 6.54 Å². The first-order chi connectivity index (χ1) is 12.7. The molecule has 0 bridgehead atoms. The molecule has 1 amide bonds. The lowest BCUT2D eigenvalue weighted by Crippen LogP contribution is -2.56. The number of hydrogen-bond acceptors (Lipinski definition) is 3. The third-order valence-corrected chi connectivity index (χ3v) is 4.62. The number of rotatable bonds is 5. The van der Waals surface area contributed by atoms with E-state index in [0.29, 0.717) is 50.8 Å². The number of primary amides is 1. The van der Waals surface area contributed by atoms with Crippen molar-refractivity contribution in [3.8, 4) is 0 Å². The van der Waals surface area contributed by atoms with Gasteiger partial charge in [0.15, 0.2) is 5.96 Å². The monoisotopic (exact) mass is 513 g/mol. The number of amides is 1. The van der Waals surface area contributed by atoms with E-state index in [4.69, 9.17) is 5.73 Å². The Morgan fingerprint density at radius 1 is 1.21 bits per heavy atom. The Morgan fingerprint density at radius 3 is 2.25 bits per heavy atom. The minimum atomic E-state index is -4.21. The molecule has 1 aromatic carbocycles. The molecule has 2 rings (SSSR count). The van der Waals surface area contributed by atoms with Crippen LogP contribution in [0.15, 0.2) is 29.3 Å². The van der Waals surface area contributed by atoms with Crippen LogP contribution in [0.1, 0.15) is 29.8 Å². The number of carbonyl (C=O) groups excluding carboxylic acids is 1. The van der Waals surface area contributed by atoms with Crippen molar-refractivity contribution in [3.63, 3.8) is 0 Å². The van der Waals surface area contributed by atoms with Gasteiger partial charge in [-0.2, -0.15) is 13.2 Å². The SMILES string of the molecule is CCNC(=NCc1ccc(C(N)=O)cc1)N1CCN(C(C)C(F)(F)F)CC1.I. The number of carbonyl (C=O) groups is 1. The highest BCUT2D eigenvalue weighted by molar-refractivity contribution is 14.0. The molecule has 1 unspecified atom stereocenters. The number of nitrogens with zero attached hydrogens (tertiary/aromatic N) is 3. The number of aliphatic imine (C=N–C) groups is 1. The average Bonchev–Trinajstić information content (AvgIpc) is 2.64. The lowest BCUT2D eigenvalue weighted by atomic mass is 10.1. The Balaban J connectivity index is 0.00000392. The molecular formula is C18H27F3IN5O. The van der Waals surface area contributed by atoms with E-state index in [2.05, 4.69) is 10.3 Å². The first kappa shape index (κ1) is 24.5. The standard InChI is InChI=1S/C18H26F3N5O.HI/c1-3-23-17(24-12-14-4-6-15(7-5-14)16(22)27)26-10-8-25(9-11-26)13(2)18(19,20)21;/h4-7,13H,3,8-12H2,1-2H3,(H2,22,27)(H,23,24);1H. The van der Waals surface area contributed by atoms with E-state index in [0.717, 1.165) is 5.56 Å². The van der Waals surface area contributed by atoms with Gasteiger partial charge in [0.2, 0.25) is 5.91 Å². The van der Waals surface area contributed by atoms with Crippen molar-refractivity contribution in [2.45, 2.75) is 32.6 Å². The van der Waals surface area contributed by atoms with Gasteiger partial charge in [0.1, 0.15) is 6.04 Å². The van der Waals surface area contributed by atoms with Crippen LogP contribution in [-0.2, 0) is 6.54 Å². The van der Waals surface area contributed by atoms with E-state index in [1.165, 1.54) is 11.8 Å². The molecule has 1 aliphatic heterocycles. The van der Waals surface area contributed by atoms with Gasteiger partial charge >= 0.3 is 6.18 Å². The van der Waals surface area contributed by atoms with E-state index in [1.807, 2.05) is 11.8 Å². The number of guanidine groups is 1. The van der Waals surface area contributed by atoms with Crippen LogP contribution in [-0.4, -0.2) is 66.6 Å². The van der Waals surface area contributed by atoms with Crippen molar-refractivity contribution >= 4 is 35.8 Å². The summed E-state index contributed by atoms with van der Waals surface area (Å²) < 4.78 is 38.6. The number of nitrogens with two attached hydrogens (primary N) is 1. The van der Waals surface area contributed by atoms with E-state index >= 15 is 0 Å². The third-order valence-electron chi connectivity index (χ3n) is 4.62. The van der Waals surface area contributed by atoms with Crippen molar-refractivity contribution < 1.29 is 18.0 Å². The smallest absolute Gasteiger partial charge is 0.366 e. The van der Waals surface area contributed by atoms with Crippen molar-refractivity contribution in [2.24, 2.45) is 10.7 Å². The maximum Gasteiger partial charge on any atom is 0.403 e. The Hall–Kier alpha value is -1.56. The maximum absolute atomic E-state index is 12.9. The molecule has 0 aromatic heterocycles. The normalized spacial score (nSPS) is 17.0. The van der Waals surface area contributed by atoms with Gasteiger partial charge in [-0.25, -0.2) is 4.99 Å². The topological polar surface area (TPSA) is 74.0 Å². The van der Waals surface area contributed by atoms with E-state index in [1.54, 1.807) is 24.3 Å². The zero-order chi connectivity index (χ0) is 20.0. The summed E-state index contributed by atoms with van der Waals surface area (Å²) in [5.74, 6) is 0.195. The molecule has 0 saturated carbocycles. The van der Waals surface area contributed by atoms with Gasteiger partial charge in [0, 0.05) is 38.3 Å². The molecule has 0 spiro atoms. The molecule has 6 nitrogen and oxygen atoms in total. The Bertz CT molecular complexity index is 658. The number of benzene rings is 1. The van der Waals surface area contributed by atoms with Crippen molar-refractivity contribution in [1.29, 1.82) is 0 Å². The summed E-state index contributed by atoms with van der Waals surface area (Å²) in [6, 6.07) is 5.43. The van der Waals surface area contributed by atoms with Gasteiger partial charge in [-0.05, 0) is 31.5 Å². The van der Waals surface area contributed by atoms with Crippen molar-refractivity contribution in [3.05, 3.63) is 35.4 Å². The second-order valence-electron chi connectivity index (χ2n) is 6.47. The fourth-order valence-corrected chi connectivity index (χ4v) is 2.89. The fourth-order valence-electron chi connectivity index (χ4n) is 2.89. The summed E-state index contributed by atoms with van der Waals surface area (Å²) in [7, 11) is 0. The summed E-state index contributed by atoms with van der Waals surface area (Å²) in [5, 5.41) is 3.19. The van der Waals surface area contributed by atoms with Crippen molar-refractivity contribution in [2.75, 3.05) is 32.7 Å². The van der Waals surface area contributed by atoms with Crippen molar-refractivity contribution in [1.82, 2.24) is 15.1 Å². The summed E-state index contributed by atoms with van der Waals surface area (Å²) in [6.07, 6.45) is -4.21. The predicted molar refractivity (Wildman–Crippen MR) is 114 cm³/mol. The summed E-state index contributed by atoms with van der Waals surface area (Å²) in [4.78, 5) is 19.1. The second-order valence-corrected chi connectivity index (χ2v) is 6.47. The average molecular weight is 513 g/mol. The number of piperazine rings is 1. The highest BCUT2D eigenvalue weighted by Crippen LogP contribution is 2.25. The van der Waals surface area contributed by atoms with Crippen LogP contribution in [0.3, 0.4) is 0 Å². The number of alkyl halides is 3. The zero-order valence-electron chi connectivity index (χ0n) is 16.0. The molecule has 1 saturated heterocycles. The molecule has 0 aliphatic carbocycles. The molecule has 28 heavy (non-hydrogen) atoms. The molecule has 158 valence electrons. The molecular weight excluding hydrogens is 486 g/mol. The summed E-state index contributed by atoms with van der Waals surface area (Å²) in [5.41, 5.74) is 6.58. The maximum atomic E-state index is 12.9. The Kier molecular flexibility index (Phi) is 9.48. The third kappa shape index (κ3) is 6.80. The van der Waals surface area contributed by atoms with Gasteiger partial charge in [-0.3, -0.25) is 9.69 Å². The summed E-state index contributed by atoms with van der Waals surface area (Å²) >= 11 is 0. The van der Waals surface area contributed by atoms with Gasteiger partial charge < -0.3 is 16.0 Å². The lowest BCUT2D eigenvalue weighted by Gasteiger charge is -2.39. The van der Waals surface area contributed by atoms with E-state index in [-0.39, 0.29) is 24.0 Å². The Morgan fingerprint density at radius 2 is 1.79 bits per heavy atom. The quantitative estimate of drug-likeness (QED) is 0.361. The van der Waals surface area contributed by atoms with Crippen LogP contribution in [0.5, 0.6) is 0 Å². The second kappa shape index (κ2) is 10.8. The molecule has 1 fully saturated rings. The first-order valence-corrected chi connectivity index (χ1v) is 8.95. The van der Waals surface area contributed by atoms with Crippen LogP contribution in [0.4, 0.5) is 13.2 Å². The van der Waals surface area contributed by atoms with E-state index in [9.17, 15) is 18.0 Å². The molecule has 1 aromatic rings. The molecule has 1 aliphatic rings. The largest absolute Gasteiger partial charge is 0.403 e. The van der Waals surface area contributed by atoms with Crippen LogP contribution >= 0.6 is 24.0 Å². The molecule has 10 heteroatoms. The van der Waals surface area contributed by atoms with Gasteiger partial charge in [0.25, 0.3) is 0 Å². The summed E-state index contributed by atoms with van der Waals surface area (Å²) in [6.45, 7) is 5.83. The van der Waals surface area contributed by atoms with Crippen LogP contribution < -0.4 is 11.1 Å². The highest BCUT2D eigenvalue weighted by Gasteiger charge is 2.41. The first-order valence-electron chi connectivity index (χ1n) is 8.95. The molecule has 3 N–H and O–H groups in total. The fraction of sp³-hybridized carbons (Fsp3) is 0.556. The minimum absolute atomic E-state index is 0. The number of halogens is 4. The van der Waals surface area contributed by atoms with Crippen LogP contribution in [0.2, 0.25) is 0 Å². The predicted octanol–water partition coefficient (Wildman–Crippen LogP) is 2.44.